The van der Waals surface area contributed by atoms with Gasteiger partial charge in [0.05, 0.1) is 5.69 Å². The fraction of sp³-hybridized carbons (Fsp3) is 0.667. The molecule has 0 aliphatic carbocycles. The standard InChI is InChI=1S/C12H15N.C8H15N.2C2H6/c1-12(2,3)11-8-9-6-4-5-7-10(9)13-11;1-8(2,3)7-5-4-6-9-7;2*1-2/h4-7H,8H2,1-3H3;4-6H2,1-3H3;2*1-2H3. The Morgan fingerprint density at radius 2 is 1.31 bits per heavy atom. The van der Waals surface area contributed by atoms with Crippen LogP contribution in [0.3, 0.4) is 0 Å². The maximum Gasteiger partial charge on any atom is 0.0665 e. The molecule has 0 radical (unpaired) electrons. The highest BCUT2D eigenvalue weighted by Gasteiger charge is 2.24. The van der Waals surface area contributed by atoms with Crippen LogP contribution in [0.15, 0.2) is 34.3 Å². The van der Waals surface area contributed by atoms with Crippen molar-refractivity contribution in [2.45, 2.75) is 88.5 Å². The Kier molecular flexibility index (Phi) is 10.7. The largest absolute Gasteiger partial charge is 0.294 e. The molecular weight excluding hydrogens is 316 g/mol. The average Bonchev–Trinajstić information content (AvgIpc) is 3.28. The molecule has 0 atom stereocenters. The predicted molar refractivity (Wildman–Crippen MR) is 120 cm³/mol. The molecule has 0 amide bonds. The van der Waals surface area contributed by atoms with Gasteiger partial charge in [-0.05, 0) is 29.9 Å². The van der Waals surface area contributed by atoms with Crippen molar-refractivity contribution in [1.29, 1.82) is 0 Å². The van der Waals surface area contributed by atoms with Crippen LogP contribution in [0.25, 0.3) is 0 Å². The summed E-state index contributed by atoms with van der Waals surface area (Å²) in [5, 5.41) is 0. The lowest BCUT2D eigenvalue weighted by Gasteiger charge is -2.17. The number of aliphatic imine (C=N–C) groups is 2. The van der Waals surface area contributed by atoms with Gasteiger partial charge in [0, 0.05) is 29.8 Å². The second kappa shape index (κ2) is 11.3. The van der Waals surface area contributed by atoms with Crippen molar-refractivity contribution in [1.82, 2.24) is 0 Å². The second-order valence-electron chi connectivity index (χ2n) is 8.30. The smallest absolute Gasteiger partial charge is 0.0665 e. The zero-order valence-corrected chi connectivity index (χ0v) is 19.0. The Bertz CT molecular complexity index is 581. The van der Waals surface area contributed by atoms with Gasteiger partial charge in [-0.1, -0.05) is 87.4 Å². The third-order valence-electron chi connectivity index (χ3n) is 4.21. The van der Waals surface area contributed by atoms with Crippen molar-refractivity contribution in [3.05, 3.63) is 29.8 Å². The van der Waals surface area contributed by atoms with E-state index in [1.807, 2.05) is 33.8 Å². The van der Waals surface area contributed by atoms with Gasteiger partial charge in [0.15, 0.2) is 0 Å². The second-order valence-corrected chi connectivity index (χ2v) is 8.30. The number of hydrogen-bond acceptors (Lipinski definition) is 2. The Hall–Kier alpha value is -1.44. The van der Waals surface area contributed by atoms with E-state index in [-0.39, 0.29) is 5.41 Å². The van der Waals surface area contributed by atoms with Crippen molar-refractivity contribution in [3.63, 3.8) is 0 Å². The minimum Gasteiger partial charge on any atom is -0.294 e. The Balaban J connectivity index is 0.000000422. The lowest BCUT2D eigenvalue weighted by molar-refractivity contribution is 0.582. The van der Waals surface area contributed by atoms with Crippen LogP contribution in [0.2, 0.25) is 0 Å². The molecule has 1 aromatic rings. The summed E-state index contributed by atoms with van der Waals surface area (Å²) in [6.07, 6.45) is 3.52. The molecule has 2 aliphatic heterocycles. The van der Waals surface area contributed by atoms with E-state index in [9.17, 15) is 0 Å². The van der Waals surface area contributed by atoms with Crippen molar-refractivity contribution in [2.75, 3.05) is 6.54 Å². The fourth-order valence-corrected chi connectivity index (χ4v) is 2.72. The summed E-state index contributed by atoms with van der Waals surface area (Å²) in [5.41, 5.74) is 5.77. The molecule has 148 valence electrons. The van der Waals surface area contributed by atoms with E-state index in [4.69, 9.17) is 0 Å². The molecule has 0 unspecified atom stereocenters. The van der Waals surface area contributed by atoms with Gasteiger partial charge in [0.25, 0.3) is 0 Å². The van der Waals surface area contributed by atoms with Crippen LogP contribution < -0.4 is 0 Å². The molecule has 0 spiro atoms. The van der Waals surface area contributed by atoms with E-state index in [0.717, 1.165) is 18.7 Å². The highest BCUT2D eigenvalue weighted by atomic mass is 14.8. The number of nitrogens with zero attached hydrogens (tertiary/aromatic N) is 2. The minimum atomic E-state index is 0.207. The van der Waals surface area contributed by atoms with Crippen LogP contribution >= 0.6 is 0 Å². The molecular formula is C24H42N2. The first-order chi connectivity index (χ1) is 12.2. The Labute approximate surface area is 163 Å². The van der Waals surface area contributed by atoms with Gasteiger partial charge in [-0.2, -0.15) is 0 Å². The minimum absolute atomic E-state index is 0.207. The first kappa shape index (κ1) is 24.6. The van der Waals surface area contributed by atoms with E-state index < -0.39 is 0 Å². The van der Waals surface area contributed by atoms with Gasteiger partial charge < -0.3 is 0 Å². The summed E-state index contributed by atoms with van der Waals surface area (Å²) in [6, 6.07) is 8.39. The summed E-state index contributed by atoms with van der Waals surface area (Å²) >= 11 is 0. The number of para-hydroxylation sites is 1. The van der Waals surface area contributed by atoms with Crippen LogP contribution in [-0.4, -0.2) is 18.0 Å². The maximum atomic E-state index is 4.64. The molecule has 2 nitrogen and oxygen atoms in total. The lowest BCUT2D eigenvalue weighted by Crippen LogP contribution is -2.19. The molecule has 0 saturated carbocycles. The molecule has 2 heteroatoms. The predicted octanol–water partition coefficient (Wildman–Crippen LogP) is 7.68. The van der Waals surface area contributed by atoms with E-state index in [1.165, 1.54) is 29.8 Å². The van der Waals surface area contributed by atoms with Gasteiger partial charge in [0.1, 0.15) is 0 Å². The molecule has 0 N–H and O–H groups in total. The summed E-state index contributed by atoms with van der Waals surface area (Å²) in [4.78, 5) is 9.06. The van der Waals surface area contributed by atoms with Crippen LogP contribution in [0.5, 0.6) is 0 Å². The molecule has 0 bridgehead atoms. The third-order valence-corrected chi connectivity index (χ3v) is 4.21. The first-order valence-electron chi connectivity index (χ1n) is 10.4. The summed E-state index contributed by atoms with van der Waals surface area (Å²) in [6.45, 7) is 22.4. The molecule has 2 heterocycles. The summed E-state index contributed by atoms with van der Waals surface area (Å²) in [5.74, 6) is 0. The highest BCUT2D eigenvalue weighted by molar-refractivity contribution is 5.97. The molecule has 0 aromatic heterocycles. The quantitative estimate of drug-likeness (QED) is 0.454. The van der Waals surface area contributed by atoms with Crippen molar-refractivity contribution < 1.29 is 0 Å². The van der Waals surface area contributed by atoms with E-state index in [1.54, 1.807) is 0 Å². The van der Waals surface area contributed by atoms with Gasteiger partial charge in [-0.3, -0.25) is 9.98 Å². The van der Waals surface area contributed by atoms with E-state index in [0.29, 0.717) is 5.41 Å². The average molecular weight is 359 g/mol. The van der Waals surface area contributed by atoms with Crippen LogP contribution in [0, 0.1) is 10.8 Å². The first-order valence-corrected chi connectivity index (χ1v) is 10.4. The van der Waals surface area contributed by atoms with Gasteiger partial charge in [-0.25, -0.2) is 0 Å². The molecule has 0 saturated heterocycles. The molecule has 0 fully saturated rings. The van der Waals surface area contributed by atoms with Crippen LogP contribution in [0.1, 0.15) is 87.6 Å². The summed E-state index contributed by atoms with van der Waals surface area (Å²) < 4.78 is 0. The normalized spacial score (nSPS) is 15.2. The molecule has 2 aliphatic rings. The third kappa shape index (κ3) is 7.85. The van der Waals surface area contributed by atoms with Gasteiger partial charge in [0.2, 0.25) is 0 Å². The maximum absolute atomic E-state index is 4.64. The lowest BCUT2D eigenvalue weighted by atomic mass is 9.87. The highest BCUT2D eigenvalue weighted by Crippen LogP contribution is 2.32. The van der Waals surface area contributed by atoms with Crippen molar-refractivity contribution >= 4 is 17.1 Å². The zero-order chi connectivity index (χ0) is 20.4. The Morgan fingerprint density at radius 1 is 0.769 bits per heavy atom. The van der Waals surface area contributed by atoms with Crippen LogP contribution in [0.4, 0.5) is 5.69 Å². The van der Waals surface area contributed by atoms with Crippen molar-refractivity contribution in [3.8, 4) is 0 Å². The molecule has 1 aromatic carbocycles. The van der Waals surface area contributed by atoms with E-state index >= 15 is 0 Å². The van der Waals surface area contributed by atoms with Gasteiger partial charge >= 0.3 is 0 Å². The number of benzene rings is 1. The summed E-state index contributed by atoms with van der Waals surface area (Å²) in [7, 11) is 0. The fourth-order valence-electron chi connectivity index (χ4n) is 2.72. The van der Waals surface area contributed by atoms with E-state index in [2.05, 4.69) is 69.7 Å². The van der Waals surface area contributed by atoms with Gasteiger partial charge in [-0.15, -0.1) is 0 Å². The number of hydrogen-bond donors (Lipinski definition) is 0. The van der Waals surface area contributed by atoms with Crippen molar-refractivity contribution in [2.24, 2.45) is 20.8 Å². The number of fused-ring (bicyclic) bond motifs is 1. The topological polar surface area (TPSA) is 24.7 Å². The monoisotopic (exact) mass is 358 g/mol. The molecule has 26 heavy (non-hydrogen) atoms. The molecule has 3 rings (SSSR count). The SMILES string of the molecule is CC.CC.CC(C)(C)C1=NCCC1.CC(C)(C)C1=Nc2ccccc2C1. The van der Waals surface area contributed by atoms with Crippen LogP contribution in [-0.2, 0) is 6.42 Å². The Morgan fingerprint density at radius 3 is 1.69 bits per heavy atom. The zero-order valence-electron chi connectivity index (χ0n) is 19.0. The number of rotatable bonds is 0.